The number of esters is 2. The van der Waals surface area contributed by atoms with Gasteiger partial charge in [0.2, 0.25) is 0 Å². The standard InChI is InChI=1S/C35H61ClO4/c1-3-5-7-9-11-13-15-28-18-22-30(23-19-28)39-35(38)32-25-24-31(26-33(32)36)40-34(37)29-20-16-27(17-21-29)14-12-10-8-6-4-2/h27-33H,3-26H2,1-2H3. The monoisotopic (exact) mass is 580 g/mol. The van der Waals surface area contributed by atoms with Gasteiger partial charge in [-0.2, -0.15) is 0 Å². The quantitative estimate of drug-likeness (QED) is 0.0975. The van der Waals surface area contributed by atoms with Gasteiger partial charge in [-0.15, -0.1) is 11.6 Å². The van der Waals surface area contributed by atoms with Crippen LogP contribution < -0.4 is 0 Å². The zero-order chi connectivity index (χ0) is 28.6. The van der Waals surface area contributed by atoms with Crippen LogP contribution in [0.25, 0.3) is 0 Å². The van der Waals surface area contributed by atoms with Gasteiger partial charge in [0, 0.05) is 6.42 Å². The molecule has 0 saturated heterocycles. The van der Waals surface area contributed by atoms with Crippen LogP contribution in [-0.2, 0) is 19.1 Å². The second-order valence-corrected chi connectivity index (χ2v) is 14.1. The van der Waals surface area contributed by atoms with Crippen molar-refractivity contribution in [1.29, 1.82) is 0 Å². The molecule has 0 aromatic carbocycles. The molecule has 40 heavy (non-hydrogen) atoms. The summed E-state index contributed by atoms with van der Waals surface area (Å²) in [6.07, 6.45) is 27.9. The first-order chi connectivity index (χ1) is 19.5. The molecular formula is C35H61ClO4. The number of hydrogen-bond acceptors (Lipinski definition) is 4. The normalized spacial score (nSPS) is 31.0. The van der Waals surface area contributed by atoms with Gasteiger partial charge in [0.1, 0.15) is 12.2 Å². The van der Waals surface area contributed by atoms with Crippen LogP contribution >= 0.6 is 11.6 Å². The molecule has 3 saturated carbocycles. The SMILES string of the molecule is CCCCCCCCC1CCC(OC(=O)C2CCC(OC(=O)C3CCC(CCCCCCC)CC3)CC2Cl)CC1. The van der Waals surface area contributed by atoms with Crippen LogP contribution in [0.4, 0.5) is 0 Å². The Hall–Kier alpha value is -0.770. The maximum absolute atomic E-state index is 13.0. The van der Waals surface area contributed by atoms with E-state index in [2.05, 4.69) is 13.8 Å². The number of unbranched alkanes of at least 4 members (excludes halogenated alkanes) is 9. The molecule has 3 rings (SSSR count). The summed E-state index contributed by atoms with van der Waals surface area (Å²) in [5, 5.41) is -0.313. The molecule has 0 heterocycles. The first kappa shape index (κ1) is 33.7. The summed E-state index contributed by atoms with van der Waals surface area (Å²) in [4.78, 5) is 25.9. The fraction of sp³-hybridized carbons (Fsp3) is 0.943. The molecule has 0 bridgehead atoms. The minimum atomic E-state index is -0.313. The van der Waals surface area contributed by atoms with Crippen molar-refractivity contribution in [2.24, 2.45) is 23.7 Å². The minimum Gasteiger partial charge on any atom is -0.462 e. The van der Waals surface area contributed by atoms with Crippen LogP contribution in [0, 0.1) is 23.7 Å². The van der Waals surface area contributed by atoms with E-state index in [1.165, 1.54) is 96.3 Å². The van der Waals surface area contributed by atoms with E-state index in [0.29, 0.717) is 19.3 Å². The maximum Gasteiger partial charge on any atom is 0.310 e. The van der Waals surface area contributed by atoms with Crippen molar-refractivity contribution in [2.75, 3.05) is 0 Å². The van der Waals surface area contributed by atoms with Crippen LogP contribution in [0.2, 0.25) is 0 Å². The number of hydrogen-bond donors (Lipinski definition) is 0. The maximum atomic E-state index is 13.0. The molecule has 0 aromatic rings. The van der Waals surface area contributed by atoms with Gasteiger partial charge in [-0.1, -0.05) is 97.3 Å². The number of halogens is 1. The summed E-state index contributed by atoms with van der Waals surface area (Å²) in [7, 11) is 0. The van der Waals surface area contributed by atoms with Crippen molar-refractivity contribution >= 4 is 23.5 Å². The average Bonchev–Trinajstić information content (AvgIpc) is 2.96. The lowest BCUT2D eigenvalue weighted by atomic mass is 9.79. The lowest BCUT2D eigenvalue weighted by molar-refractivity contribution is -0.161. The highest BCUT2D eigenvalue weighted by atomic mass is 35.5. The third-order valence-corrected chi connectivity index (χ3v) is 10.7. The van der Waals surface area contributed by atoms with Crippen LogP contribution in [0.1, 0.15) is 168 Å². The summed E-state index contributed by atoms with van der Waals surface area (Å²) < 4.78 is 11.9. The van der Waals surface area contributed by atoms with E-state index in [4.69, 9.17) is 21.1 Å². The van der Waals surface area contributed by atoms with Crippen molar-refractivity contribution in [2.45, 2.75) is 186 Å². The van der Waals surface area contributed by atoms with Crippen molar-refractivity contribution < 1.29 is 19.1 Å². The van der Waals surface area contributed by atoms with E-state index in [0.717, 1.165) is 50.4 Å². The van der Waals surface area contributed by atoms with E-state index < -0.39 is 0 Å². The predicted octanol–water partition coefficient (Wildman–Crippen LogP) is 10.3. The Morgan fingerprint density at radius 3 is 1.60 bits per heavy atom. The summed E-state index contributed by atoms with van der Waals surface area (Å²) in [5.74, 6) is 1.20. The molecule has 3 aliphatic carbocycles. The Morgan fingerprint density at radius 1 is 0.575 bits per heavy atom. The fourth-order valence-corrected chi connectivity index (χ4v) is 7.87. The van der Waals surface area contributed by atoms with Gasteiger partial charge in [-0.3, -0.25) is 9.59 Å². The third kappa shape index (κ3) is 12.2. The summed E-state index contributed by atoms with van der Waals surface area (Å²) >= 11 is 6.69. The molecule has 0 amide bonds. The topological polar surface area (TPSA) is 52.6 Å². The molecular weight excluding hydrogens is 520 g/mol. The minimum absolute atomic E-state index is 0.0333. The summed E-state index contributed by atoms with van der Waals surface area (Å²) in [5.41, 5.74) is 0. The predicted molar refractivity (Wildman–Crippen MR) is 166 cm³/mol. The second-order valence-electron chi connectivity index (χ2n) is 13.6. The van der Waals surface area contributed by atoms with Crippen LogP contribution in [0.5, 0.6) is 0 Å². The van der Waals surface area contributed by atoms with Gasteiger partial charge in [0.25, 0.3) is 0 Å². The van der Waals surface area contributed by atoms with E-state index in [1.807, 2.05) is 0 Å². The summed E-state index contributed by atoms with van der Waals surface area (Å²) in [6, 6.07) is 0. The van der Waals surface area contributed by atoms with E-state index in [9.17, 15) is 9.59 Å². The molecule has 0 aliphatic heterocycles. The van der Waals surface area contributed by atoms with Crippen molar-refractivity contribution in [3.8, 4) is 0 Å². The van der Waals surface area contributed by atoms with Crippen LogP contribution in [0.15, 0.2) is 0 Å². The van der Waals surface area contributed by atoms with E-state index in [1.54, 1.807) is 0 Å². The Labute approximate surface area is 251 Å². The Kier molecular flexibility index (Phi) is 16.4. The highest BCUT2D eigenvalue weighted by molar-refractivity contribution is 6.22. The van der Waals surface area contributed by atoms with E-state index >= 15 is 0 Å². The fourth-order valence-electron chi connectivity index (χ4n) is 7.44. The van der Waals surface area contributed by atoms with E-state index in [-0.39, 0.29) is 41.4 Å². The largest absolute Gasteiger partial charge is 0.462 e. The smallest absolute Gasteiger partial charge is 0.310 e. The lowest BCUT2D eigenvalue weighted by Crippen LogP contribution is -2.39. The average molecular weight is 581 g/mol. The lowest BCUT2D eigenvalue weighted by Gasteiger charge is -2.34. The van der Waals surface area contributed by atoms with Crippen molar-refractivity contribution in [1.82, 2.24) is 0 Å². The molecule has 3 atom stereocenters. The van der Waals surface area contributed by atoms with Crippen LogP contribution in [0.3, 0.4) is 0 Å². The number of carbonyl (C=O) groups is 2. The molecule has 3 unspecified atom stereocenters. The van der Waals surface area contributed by atoms with Crippen molar-refractivity contribution in [3.63, 3.8) is 0 Å². The molecule has 0 spiro atoms. The van der Waals surface area contributed by atoms with Gasteiger partial charge in [0.05, 0.1) is 17.2 Å². The molecule has 232 valence electrons. The highest BCUT2D eigenvalue weighted by Gasteiger charge is 2.39. The van der Waals surface area contributed by atoms with Crippen molar-refractivity contribution in [3.05, 3.63) is 0 Å². The molecule has 3 fully saturated rings. The Morgan fingerprint density at radius 2 is 1.05 bits per heavy atom. The molecule has 4 nitrogen and oxygen atoms in total. The number of rotatable bonds is 17. The highest BCUT2D eigenvalue weighted by Crippen LogP contribution is 2.37. The van der Waals surface area contributed by atoms with Crippen LogP contribution in [-0.4, -0.2) is 29.5 Å². The number of ether oxygens (including phenoxy) is 2. The van der Waals surface area contributed by atoms with Gasteiger partial charge >= 0.3 is 11.9 Å². The van der Waals surface area contributed by atoms with Gasteiger partial charge in [-0.05, 0) is 76.0 Å². The zero-order valence-electron chi connectivity index (χ0n) is 26.0. The molecule has 3 aliphatic rings. The number of carbonyl (C=O) groups excluding carboxylic acids is 2. The van der Waals surface area contributed by atoms with Gasteiger partial charge in [-0.25, -0.2) is 0 Å². The first-order valence-electron chi connectivity index (χ1n) is 17.5. The third-order valence-electron chi connectivity index (χ3n) is 10.2. The molecule has 0 aromatic heterocycles. The molecule has 0 N–H and O–H groups in total. The summed E-state index contributed by atoms with van der Waals surface area (Å²) in [6.45, 7) is 4.53. The van der Waals surface area contributed by atoms with Gasteiger partial charge < -0.3 is 9.47 Å². The van der Waals surface area contributed by atoms with Gasteiger partial charge in [0.15, 0.2) is 0 Å². The number of alkyl halides is 1. The molecule has 5 heteroatoms. The zero-order valence-corrected chi connectivity index (χ0v) is 26.8. The second kappa shape index (κ2) is 19.4. The first-order valence-corrected chi connectivity index (χ1v) is 18.0. The Balaban J connectivity index is 1.26. The Bertz CT molecular complexity index is 696. The molecule has 0 radical (unpaired) electrons.